The topological polar surface area (TPSA) is 52.0 Å². The lowest BCUT2D eigenvalue weighted by molar-refractivity contribution is 0.730. The normalized spacial score (nSPS) is 7.44. The highest BCUT2D eigenvalue weighted by Gasteiger charge is 1.77. The van der Waals surface area contributed by atoms with Crippen LogP contribution in [0.1, 0.15) is 32.6 Å². The van der Waals surface area contributed by atoms with E-state index >= 15 is 0 Å². The van der Waals surface area contributed by atoms with Gasteiger partial charge in [0.15, 0.2) is 0 Å². The second-order valence-corrected chi connectivity index (χ2v) is 1.78. The molecule has 0 aromatic rings. The molecule has 0 saturated heterocycles. The Bertz CT molecular complexity index is 44.2. The first-order chi connectivity index (χ1) is 4.41. The van der Waals surface area contributed by atoms with Crippen molar-refractivity contribution in [3.63, 3.8) is 0 Å². The van der Waals surface area contributed by atoms with E-state index in [1.165, 1.54) is 25.7 Å². The molecule has 0 fully saturated rings. The van der Waals surface area contributed by atoms with Gasteiger partial charge in [-0.2, -0.15) is 0 Å². The number of hydrazine groups is 1. The second kappa shape index (κ2) is 15.6. The summed E-state index contributed by atoms with van der Waals surface area (Å²) < 4.78 is 0. The summed E-state index contributed by atoms with van der Waals surface area (Å²) in [6, 6.07) is 0. The standard InChI is InChI=1S/C7H14.H4N2/c1-3-5-7-6-4-2;1-2/h3H,1,4-7H2,2H3;1-2H2. The predicted octanol–water partition coefficient (Wildman–Crippen LogP) is 1.57. The van der Waals surface area contributed by atoms with Gasteiger partial charge in [-0.15, -0.1) is 6.58 Å². The van der Waals surface area contributed by atoms with Gasteiger partial charge in [0.1, 0.15) is 0 Å². The van der Waals surface area contributed by atoms with Crippen molar-refractivity contribution < 1.29 is 0 Å². The number of nitrogens with two attached hydrogens (primary N) is 2. The summed E-state index contributed by atoms with van der Waals surface area (Å²) in [5.41, 5.74) is 0. The lowest BCUT2D eigenvalue weighted by atomic mass is 10.2. The molecule has 2 heteroatoms. The second-order valence-electron chi connectivity index (χ2n) is 1.78. The average molecular weight is 130 g/mol. The zero-order chi connectivity index (χ0) is 7.54. The highest BCUT2D eigenvalue weighted by molar-refractivity contribution is 4.64. The number of hydrogen-bond acceptors (Lipinski definition) is 2. The van der Waals surface area contributed by atoms with Crippen LogP contribution in [-0.2, 0) is 0 Å². The summed E-state index contributed by atoms with van der Waals surface area (Å²) in [5.74, 6) is 8.00. The minimum Gasteiger partial charge on any atom is -0.274 e. The summed E-state index contributed by atoms with van der Waals surface area (Å²) >= 11 is 0. The van der Waals surface area contributed by atoms with Crippen LogP contribution in [-0.4, -0.2) is 0 Å². The van der Waals surface area contributed by atoms with Crippen LogP contribution >= 0.6 is 0 Å². The summed E-state index contributed by atoms with van der Waals surface area (Å²) in [6.07, 6.45) is 7.16. The third kappa shape index (κ3) is 18.3. The van der Waals surface area contributed by atoms with E-state index in [4.69, 9.17) is 0 Å². The minimum absolute atomic E-state index is 1.19. The van der Waals surface area contributed by atoms with Crippen LogP contribution in [0.3, 0.4) is 0 Å². The Labute approximate surface area is 57.9 Å². The third-order valence-corrected chi connectivity index (χ3v) is 1.01. The summed E-state index contributed by atoms with van der Waals surface area (Å²) in [6.45, 7) is 5.84. The smallest absolute Gasteiger partial charge is 0.0353 e. The van der Waals surface area contributed by atoms with E-state index < -0.39 is 0 Å². The summed E-state index contributed by atoms with van der Waals surface area (Å²) in [7, 11) is 0. The van der Waals surface area contributed by atoms with Gasteiger partial charge < -0.3 is 0 Å². The molecule has 0 rings (SSSR count). The first kappa shape index (κ1) is 11.5. The van der Waals surface area contributed by atoms with Crippen molar-refractivity contribution in [2.75, 3.05) is 0 Å². The quantitative estimate of drug-likeness (QED) is 0.263. The zero-order valence-electron chi connectivity index (χ0n) is 6.27. The van der Waals surface area contributed by atoms with E-state index in [0.717, 1.165) is 0 Å². The van der Waals surface area contributed by atoms with Gasteiger partial charge in [-0.1, -0.05) is 25.8 Å². The number of rotatable bonds is 4. The first-order valence-corrected chi connectivity index (χ1v) is 3.36. The molecule has 0 spiro atoms. The van der Waals surface area contributed by atoms with Gasteiger partial charge in [0.2, 0.25) is 0 Å². The Morgan fingerprint density at radius 2 is 1.89 bits per heavy atom. The van der Waals surface area contributed by atoms with Crippen LogP contribution in [0.2, 0.25) is 0 Å². The fourth-order valence-corrected chi connectivity index (χ4v) is 0.539. The molecule has 4 N–H and O–H groups in total. The molecule has 0 amide bonds. The van der Waals surface area contributed by atoms with Crippen LogP contribution in [0.5, 0.6) is 0 Å². The molecule has 0 aliphatic heterocycles. The largest absolute Gasteiger partial charge is 0.274 e. The molecule has 0 aliphatic carbocycles. The molecule has 0 aliphatic rings. The van der Waals surface area contributed by atoms with Gasteiger partial charge in [0.05, 0.1) is 0 Å². The SMILES string of the molecule is C=CCCCCC.NN. The molecule has 0 heterocycles. The molecular formula is C7H18N2. The molecule has 0 saturated carbocycles. The maximum atomic E-state index is 4.00. The number of hydrogen-bond donors (Lipinski definition) is 2. The molecule has 0 bridgehead atoms. The van der Waals surface area contributed by atoms with Crippen LogP contribution in [0.25, 0.3) is 0 Å². The van der Waals surface area contributed by atoms with Crippen molar-refractivity contribution >= 4 is 0 Å². The van der Waals surface area contributed by atoms with Crippen molar-refractivity contribution in [1.29, 1.82) is 0 Å². The molecule has 0 aromatic carbocycles. The van der Waals surface area contributed by atoms with E-state index in [9.17, 15) is 0 Å². The molecule has 0 aromatic heterocycles. The summed E-state index contributed by atoms with van der Waals surface area (Å²) in [4.78, 5) is 0. The molecule has 0 radical (unpaired) electrons. The van der Waals surface area contributed by atoms with E-state index in [2.05, 4.69) is 25.2 Å². The maximum Gasteiger partial charge on any atom is -0.0353 e. The van der Waals surface area contributed by atoms with E-state index in [0.29, 0.717) is 0 Å². The Morgan fingerprint density at radius 3 is 2.22 bits per heavy atom. The molecular weight excluding hydrogens is 112 g/mol. The van der Waals surface area contributed by atoms with Gasteiger partial charge in [0, 0.05) is 0 Å². The van der Waals surface area contributed by atoms with E-state index in [-0.39, 0.29) is 0 Å². The predicted molar refractivity (Wildman–Crippen MR) is 42.7 cm³/mol. The number of unbranched alkanes of at least 4 members (excludes halogenated alkanes) is 3. The van der Waals surface area contributed by atoms with Crippen molar-refractivity contribution in [3.8, 4) is 0 Å². The zero-order valence-corrected chi connectivity index (χ0v) is 6.27. The maximum absolute atomic E-state index is 4.00. The first-order valence-electron chi connectivity index (χ1n) is 3.36. The van der Waals surface area contributed by atoms with Crippen LogP contribution in [0.15, 0.2) is 12.7 Å². The van der Waals surface area contributed by atoms with Gasteiger partial charge in [-0.25, -0.2) is 0 Å². The molecule has 56 valence electrons. The van der Waals surface area contributed by atoms with Gasteiger partial charge in [-0.3, -0.25) is 11.7 Å². The van der Waals surface area contributed by atoms with Gasteiger partial charge in [-0.05, 0) is 12.8 Å². The van der Waals surface area contributed by atoms with E-state index in [1.807, 2.05) is 6.08 Å². The average Bonchev–Trinajstić information content (AvgIpc) is 1.94. The van der Waals surface area contributed by atoms with Crippen LogP contribution in [0.4, 0.5) is 0 Å². The molecule has 0 atom stereocenters. The van der Waals surface area contributed by atoms with Crippen molar-refractivity contribution in [2.24, 2.45) is 11.7 Å². The van der Waals surface area contributed by atoms with Crippen molar-refractivity contribution in [3.05, 3.63) is 12.7 Å². The molecule has 2 nitrogen and oxygen atoms in total. The highest BCUT2D eigenvalue weighted by atomic mass is 15.0. The lowest BCUT2D eigenvalue weighted by Crippen LogP contribution is -2.02. The van der Waals surface area contributed by atoms with Crippen molar-refractivity contribution in [1.82, 2.24) is 0 Å². The third-order valence-electron chi connectivity index (χ3n) is 1.01. The fraction of sp³-hybridized carbons (Fsp3) is 0.714. The Morgan fingerprint density at radius 1 is 1.33 bits per heavy atom. The molecule has 0 unspecified atom stereocenters. The monoisotopic (exact) mass is 130 g/mol. The molecule has 9 heavy (non-hydrogen) atoms. The Hall–Kier alpha value is -0.340. The number of allylic oxidation sites excluding steroid dienone is 1. The minimum atomic E-state index is 1.19. The Balaban J connectivity index is 0. The van der Waals surface area contributed by atoms with E-state index in [1.54, 1.807) is 0 Å². The highest BCUT2D eigenvalue weighted by Crippen LogP contribution is 1.97. The van der Waals surface area contributed by atoms with Crippen LogP contribution < -0.4 is 11.7 Å². The lowest BCUT2D eigenvalue weighted by Gasteiger charge is -1.87. The van der Waals surface area contributed by atoms with Gasteiger partial charge in [0.25, 0.3) is 0 Å². The van der Waals surface area contributed by atoms with Crippen molar-refractivity contribution in [2.45, 2.75) is 32.6 Å². The summed E-state index contributed by atoms with van der Waals surface area (Å²) in [5, 5.41) is 0. The van der Waals surface area contributed by atoms with Gasteiger partial charge >= 0.3 is 0 Å². The fourth-order valence-electron chi connectivity index (χ4n) is 0.539. The van der Waals surface area contributed by atoms with Crippen LogP contribution in [0, 0.1) is 0 Å². The Kier molecular flexibility index (Phi) is 19.9.